The molecule has 1 atom stereocenters. The van der Waals surface area contributed by atoms with Crippen molar-refractivity contribution in [1.29, 1.82) is 0 Å². The second kappa shape index (κ2) is 4.43. The first-order valence-electron chi connectivity index (χ1n) is 5.57. The predicted molar refractivity (Wildman–Crippen MR) is 55.8 cm³/mol. The highest BCUT2D eigenvalue weighted by molar-refractivity contribution is 4.89. The van der Waals surface area contributed by atoms with Gasteiger partial charge in [0, 0.05) is 13.1 Å². The lowest BCUT2D eigenvalue weighted by Crippen LogP contribution is -2.47. The summed E-state index contributed by atoms with van der Waals surface area (Å²) in [6.45, 7) is 9.77. The Morgan fingerprint density at radius 3 is 2.23 bits per heavy atom. The molecule has 0 aromatic heterocycles. The molecule has 0 spiro atoms. The lowest BCUT2D eigenvalue weighted by molar-refractivity contribution is -0.0618. The molecule has 0 radical (unpaired) electrons. The molecule has 1 saturated heterocycles. The summed E-state index contributed by atoms with van der Waals surface area (Å²) in [5, 5.41) is 10.3. The highest BCUT2D eigenvalue weighted by Gasteiger charge is 2.35. The molecule has 0 amide bonds. The van der Waals surface area contributed by atoms with Crippen LogP contribution >= 0.6 is 0 Å². The smallest absolute Gasteiger partial charge is 0.0697 e. The van der Waals surface area contributed by atoms with Crippen LogP contribution in [-0.2, 0) is 0 Å². The van der Waals surface area contributed by atoms with Crippen LogP contribution in [0.15, 0.2) is 0 Å². The van der Waals surface area contributed by atoms with E-state index in [0.717, 1.165) is 38.9 Å². The van der Waals surface area contributed by atoms with E-state index in [1.807, 2.05) is 0 Å². The number of rotatable bonds is 3. The Morgan fingerprint density at radius 1 is 1.31 bits per heavy atom. The van der Waals surface area contributed by atoms with E-state index in [0.29, 0.717) is 5.92 Å². The average Bonchev–Trinajstić information content (AvgIpc) is 2.18. The van der Waals surface area contributed by atoms with Gasteiger partial charge >= 0.3 is 0 Å². The summed E-state index contributed by atoms with van der Waals surface area (Å²) in [5.74, 6) is 0.450. The van der Waals surface area contributed by atoms with Crippen molar-refractivity contribution in [3.63, 3.8) is 0 Å². The van der Waals surface area contributed by atoms with Gasteiger partial charge in [0.25, 0.3) is 0 Å². The van der Waals surface area contributed by atoms with Crippen LogP contribution in [0, 0.1) is 5.92 Å². The van der Waals surface area contributed by atoms with E-state index in [1.54, 1.807) is 0 Å². The Hall–Kier alpha value is -0.0800. The lowest BCUT2D eigenvalue weighted by Gasteiger charge is -2.41. The van der Waals surface area contributed by atoms with E-state index >= 15 is 0 Å². The van der Waals surface area contributed by atoms with Gasteiger partial charge in [-0.2, -0.15) is 0 Å². The Bertz CT molecular complexity index is 150. The summed E-state index contributed by atoms with van der Waals surface area (Å²) in [5.41, 5.74) is -0.375. The van der Waals surface area contributed by atoms with Crippen molar-refractivity contribution in [2.24, 2.45) is 5.92 Å². The van der Waals surface area contributed by atoms with E-state index in [1.165, 1.54) is 0 Å². The second-order valence-electron chi connectivity index (χ2n) is 4.35. The number of likely N-dealkylation sites (tertiary alicyclic amines) is 1. The average molecular weight is 185 g/mol. The monoisotopic (exact) mass is 185 g/mol. The Balaban J connectivity index is 2.46. The van der Waals surface area contributed by atoms with Gasteiger partial charge in [0.1, 0.15) is 0 Å². The van der Waals surface area contributed by atoms with Gasteiger partial charge in [-0.3, -0.25) is 0 Å². The highest BCUT2D eigenvalue weighted by Crippen LogP contribution is 2.31. The summed E-state index contributed by atoms with van der Waals surface area (Å²) in [7, 11) is 0. The van der Waals surface area contributed by atoms with Crippen LogP contribution in [0.4, 0.5) is 0 Å². The summed E-state index contributed by atoms with van der Waals surface area (Å²) in [4.78, 5) is 2.41. The van der Waals surface area contributed by atoms with E-state index in [2.05, 4.69) is 25.7 Å². The molecule has 1 rings (SSSR count). The van der Waals surface area contributed by atoms with Gasteiger partial charge in [0.2, 0.25) is 0 Å². The summed E-state index contributed by atoms with van der Waals surface area (Å²) in [6, 6.07) is 0. The molecule has 13 heavy (non-hydrogen) atoms. The fourth-order valence-electron chi connectivity index (χ4n) is 2.13. The van der Waals surface area contributed by atoms with Crippen molar-refractivity contribution < 1.29 is 5.11 Å². The fourth-order valence-corrected chi connectivity index (χ4v) is 2.13. The maximum Gasteiger partial charge on any atom is 0.0697 e. The van der Waals surface area contributed by atoms with Crippen LogP contribution in [0.5, 0.6) is 0 Å². The van der Waals surface area contributed by atoms with Gasteiger partial charge in [0.15, 0.2) is 0 Å². The summed E-state index contributed by atoms with van der Waals surface area (Å²) >= 11 is 0. The molecule has 0 saturated carbocycles. The van der Waals surface area contributed by atoms with Gasteiger partial charge in [-0.05, 0) is 25.3 Å². The Labute approximate surface area is 81.9 Å². The zero-order valence-corrected chi connectivity index (χ0v) is 9.21. The number of aliphatic hydroxyl groups is 1. The van der Waals surface area contributed by atoms with Crippen LogP contribution in [0.25, 0.3) is 0 Å². The molecule has 0 aromatic rings. The SMILES string of the molecule is CCC(C)C1(O)CCN(CC)CC1. The molecule has 78 valence electrons. The third kappa shape index (κ3) is 2.44. The molecule has 2 nitrogen and oxygen atoms in total. The summed E-state index contributed by atoms with van der Waals surface area (Å²) in [6.07, 6.45) is 2.99. The van der Waals surface area contributed by atoms with E-state index < -0.39 is 0 Å². The van der Waals surface area contributed by atoms with Gasteiger partial charge in [-0.15, -0.1) is 0 Å². The quantitative estimate of drug-likeness (QED) is 0.725. The van der Waals surface area contributed by atoms with Crippen molar-refractivity contribution >= 4 is 0 Å². The first-order chi connectivity index (χ1) is 6.12. The number of hydrogen-bond acceptors (Lipinski definition) is 2. The molecule has 2 heteroatoms. The minimum Gasteiger partial charge on any atom is -0.390 e. The topological polar surface area (TPSA) is 23.5 Å². The van der Waals surface area contributed by atoms with Crippen molar-refractivity contribution in [1.82, 2.24) is 4.90 Å². The van der Waals surface area contributed by atoms with Crippen LogP contribution in [0.2, 0.25) is 0 Å². The minimum absolute atomic E-state index is 0.375. The van der Waals surface area contributed by atoms with Crippen LogP contribution in [0.3, 0.4) is 0 Å². The number of nitrogens with zero attached hydrogens (tertiary/aromatic N) is 1. The third-order valence-electron chi connectivity index (χ3n) is 3.70. The van der Waals surface area contributed by atoms with Gasteiger partial charge < -0.3 is 10.0 Å². The Morgan fingerprint density at radius 2 is 1.85 bits per heavy atom. The molecular formula is C11H23NO. The highest BCUT2D eigenvalue weighted by atomic mass is 16.3. The summed E-state index contributed by atoms with van der Waals surface area (Å²) < 4.78 is 0. The van der Waals surface area contributed by atoms with Gasteiger partial charge in [-0.1, -0.05) is 27.2 Å². The molecule has 1 fully saturated rings. The molecule has 1 heterocycles. The van der Waals surface area contributed by atoms with Crippen LogP contribution < -0.4 is 0 Å². The fraction of sp³-hybridized carbons (Fsp3) is 1.00. The molecule has 0 aliphatic carbocycles. The normalized spacial score (nSPS) is 25.8. The first-order valence-corrected chi connectivity index (χ1v) is 5.57. The zero-order valence-electron chi connectivity index (χ0n) is 9.21. The molecule has 1 N–H and O–H groups in total. The molecular weight excluding hydrogens is 162 g/mol. The molecule has 1 aliphatic rings. The van der Waals surface area contributed by atoms with Crippen LogP contribution in [0.1, 0.15) is 40.0 Å². The first kappa shape index (κ1) is 11.0. The standard InChI is InChI=1S/C11H23NO/c1-4-10(3)11(13)6-8-12(5-2)9-7-11/h10,13H,4-9H2,1-3H3. The van der Waals surface area contributed by atoms with Crippen molar-refractivity contribution in [2.75, 3.05) is 19.6 Å². The third-order valence-corrected chi connectivity index (χ3v) is 3.70. The molecule has 0 bridgehead atoms. The largest absolute Gasteiger partial charge is 0.390 e. The minimum atomic E-state index is -0.375. The second-order valence-corrected chi connectivity index (χ2v) is 4.35. The van der Waals surface area contributed by atoms with Crippen molar-refractivity contribution in [2.45, 2.75) is 45.6 Å². The van der Waals surface area contributed by atoms with E-state index in [4.69, 9.17) is 0 Å². The Kier molecular flexibility index (Phi) is 3.74. The van der Waals surface area contributed by atoms with Gasteiger partial charge in [-0.25, -0.2) is 0 Å². The maximum absolute atomic E-state index is 10.3. The van der Waals surface area contributed by atoms with E-state index in [-0.39, 0.29) is 5.60 Å². The van der Waals surface area contributed by atoms with Crippen molar-refractivity contribution in [3.8, 4) is 0 Å². The molecule has 1 unspecified atom stereocenters. The van der Waals surface area contributed by atoms with Crippen LogP contribution in [-0.4, -0.2) is 35.2 Å². The molecule has 0 aromatic carbocycles. The van der Waals surface area contributed by atoms with Crippen molar-refractivity contribution in [3.05, 3.63) is 0 Å². The predicted octanol–water partition coefficient (Wildman–Crippen LogP) is 1.88. The molecule has 1 aliphatic heterocycles. The maximum atomic E-state index is 10.3. The number of hydrogen-bond donors (Lipinski definition) is 1. The van der Waals surface area contributed by atoms with E-state index in [9.17, 15) is 5.11 Å². The van der Waals surface area contributed by atoms with Gasteiger partial charge in [0.05, 0.1) is 5.60 Å². The zero-order chi connectivity index (χ0) is 9.90. The lowest BCUT2D eigenvalue weighted by atomic mass is 9.79. The number of piperidine rings is 1.